The molecule has 0 spiro atoms. The number of phenols is 1. The highest BCUT2D eigenvalue weighted by Gasteiger charge is 2.13. The number of phenolic OH excluding ortho intramolecular Hbond substituents is 1. The summed E-state index contributed by atoms with van der Waals surface area (Å²) in [5, 5.41) is 21.5. The van der Waals surface area contributed by atoms with Gasteiger partial charge in [0, 0.05) is 16.1 Å². The zero-order valence-corrected chi connectivity index (χ0v) is 15.0. The Labute approximate surface area is 158 Å². The van der Waals surface area contributed by atoms with Crippen LogP contribution in [0.2, 0.25) is 0 Å². The zero-order valence-electron chi connectivity index (χ0n) is 13.4. The fraction of sp³-hybridized carbons (Fsp3) is 0. The molecular formula is C20H13BrN2O3. The predicted octanol–water partition coefficient (Wildman–Crippen LogP) is 4.96. The summed E-state index contributed by atoms with van der Waals surface area (Å²) in [6.45, 7) is 0. The van der Waals surface area contributed by atoms with Gasteiger partial charge in [-0.25, -0.2) is 0 Å². The Bertz CT molecular complexity index is 1010. The number of carbonyl (C=O) groups is 1. The Kier molecular flexibility index (Phi) is 5.20. The number of nitrogens with zero attached hydrogens (tertiary/aromatic N) is 1. The predicted molar refractivity (Wildman–Crippen MR) is 102 cm³/mol. The van der Waals surface area contributed by atoms with Crippen molar-refractivity contribution in [3.63, 3.8) is 0 Å². The Balaban J connectivity index is 1.81. The van der Waals surface area contributed by atoms with Crippen molar-refractivity contribution >= 4 is 33.6 Å². The molecular weight excluding hydrogens is 396 g/mol. The van der Waals surface area contributed by atoms with Crippen LogP contribution in [0.3, 0.4) is 0 Å². The van der Waals surface area contributed by atoms with Gasteiger partial charge in [-0.1, -0.05) is 40.2 Å². The van der Waals surface area contributed by atoms with Crippen molar-refractivity contribution in [1.29, 1.82) is 5.26 Å². The number of benzene rings is 2. The summed E-state index contributed by atoms with van der Waals surface area (Å²) in [5.74, 6) is 0.304. The monoisotopic (exact) mass is 408 g/mol. The number of hydrogen-bond donors (Lipinski definition) is 2. The maximum Gasteiger partial charge on any atom is 0.266 e. The maximum absolute atomic E-state index is 12.3. The van der Waals surface area contributed by atoms with Crippen molar-refractivity contribution in [3.05, 3.63) is 76.5 Å². The topological polar surface area (TPSA) is 86.3 Å². The quantitative estimate of drug-likeness (QED) is 0.362. The van der Waals surface area contributed by atoms with Gasteiger partial charge in [0.1, 0.15) is 28.9 Å². The average Bonchev–Trinajstić information content (AvgIpc) is 3.10. The van der Waals surface area contributed by atoms with Crippen molar-refractivity contribution in [1.82, 2.24) is 0 Å². The number of nitriles is 1. The van der Waals surface area contributed by atoms with Gasteiger partial charge in [-0.05, 0) is 36.4 Å². The van der Waals surface area contributed by atoms with E-state index < -0.39 is 5.91 Å². The lowest BCUT2D eigenvalue weighted by Gasteiger charge is -2.05. The third-order valence-electron chi connectivity index (χ3n) is 3.56. The van der Waals surface area contributed by atoms with E-state index in [0.717, 1.165) is 10.0 Å². The number of nitrogens with one attached hydrogen (secondary N) is 1. The fourth-order valence-electron chi connectivity index (χ4n) is 2.26. The molecule has 0 bridgehead atoms. The molecule has 0 radical (unpaired) electrons. The van der Waals surface area contributed by atoms with Crippen LogP contribution in [0.4, 0.5) is 5.69 Å². The number of anilines is 1. The van der Waals surface area contributed by atoms with Crippen molar-refractivity contribution in [3.8, 4) is 23.1 Å². The second kappa shape index (κ2) is 7.72. The molecule has 3 rings (SSSR count). The molecule has 3 aromatic rings. The first-order valence-corrected chi connectivity index (χ1v) is 8.43. The Hall–Kier alpha value is -3.30. The molecule has 1 aromatic heterocycles. The molecule has 2 N–H and O–H groups in total. The van der Waals surface area contributed by atoms with Crippen LogP contribution in [-0.2, 0) is 4.79 Å². The minimum atomic E-state index is -0.629. The van der Waals surface area contributed by atoms with Gasteiger partial charge < -0.3 is 14.8 Å². The highest BCUT2D eigenvalue weighted by molar-refractivity contribution is 9.10. The van der Waals surface area contributed by atoms with Crippen molar-refractivity contribution < 1.29 is 14.3 Å². The van der Waals surface area contributed by atoms with E-state index in [9.17, 15) is 15.2 Å². The smallest absolute Gasteiger partial charge is 0.266 e. The fourth-order valence-corrected chi connectivity index (χ4v) is 2.52. The summed E-state index contributed by atoms with van der Waals surface area (Å²) >= 11 is 3.38. The minimum Gasteiger partial charge on any atom is -0.506 e. The summed E-state index contributed by atoms with van der Waals surface area (Å²) in [6, 6.07) is 19.2. The van der Waals surface area contributed by atoms with Gasteiger partial charge in [-0.15, -0.1) is 0 Å². The van der Waals surface area contributed by atoms with E-state index in [1.807, 2.05) is 30.3 Å². The van der Waals surface area contributed by atoms with Gasteiger partial charge >= 0.3 is 0 Å². The normalized spacial score (nSPS) is 11.0. The Morgan fingerprint density at radius 3 is 2.54 bits per heavy atom. The molecule has 2 aromatic carbocycles. The molecule has 26 heavy (non-hydrogen) atoms. The summed E-state index contributed by atoms with van der Waals surface area (Å²) in [4.78, 5) is 12.3. The average molecular weight is 409 g/mol. The first kappa shape index (κ1) is 17.5. The lowest BCUT2D eigenvalue weighted by atomic mass is 10.2. The van der Waals surface area contributed by atoms with Gasteiger partial charge in [-0.3, -0.25) is 4.79 Å². The van der Waals surface area contributed by atoms with E-state index in [1.54, 1.807) is 30.3 Å². The number of para-hydroxylation sites is 2. The summed E-state index contributed by atoms with van der Waals surface area (Å²) in [5.41, 5.74) is 0.976. The molecule has 0 saturated heterocycles. The van der Waals surface area contributed by atoms with Crippen molar-refractivity contribution in [2.24, 2.45) is 0 Å². The first-order valence-electron chi connectivity index (χ1n) is 7.64. The van der Waals surface area contributed by atoms with E-state index in [-0.39, 0.29) is 17.0 Å². The van der Waals surface area contributed by atoms with E-state index in [0.29, 0.717) is 11.5 Å². The van der Waals surface area contributed by atoms with Crippen LogP contribution in [0.5, 0.6) is 5.75 Å². The minimum absolute atomic E-state index is 0.0753. The molecule has 128 valence electrons. The highest BCUT2D eigenvalue weighted by atomic mass is 79.9. The van der Waals surface area contributed by atoms with Crippen molar-refractivity contribution in [2.45, 2.75) is 0 Å². The largest absolute Gasteiger partial charge is 0.506 e. The molecule has 1 amide bonds. The van der Waals surface area contributed by atoms with Crippen LogP contribution >= 0.6 is 15.9 Å². The Morgan fingerprint density at radius 2 is 1.85 bits per heavy atom. The number of carbonyl (C=O) groups excluding carboxylic acids is 1. The van der Waals surface area contributed by atoms with Crippen molar-refractivity contribution in [2.75, 3.05) is 5.32 Å². The summed E-state index contributed by atoms with van der Waals surface area (Å²) < 4.78 is 6.65. The third-order valence-corrected chi connectivity index (χ3v) is 4.09. The number of amides is 1. The Morgan fingerprint density at radius 1 is 1.12 bits per heavy atom. The van der Waals surface area contributed by atoms with Gasteiger partial charge in [-0.2, -0.15) is 5.26 Å². The maximum atomic E-state index is 12.3. The molecule has 1 heterocycles. The number of hydrogen-bond acceptors (Lipinski definition) is 4. The lowest BCUT2D eigenvalue weighted by molar-refractivity contribution is -0.112. The van der Waals surface area contributed by atoms with Crippen LogP contribution in [0, 0.1) is 11.3 Å². The standard InChI is InChI=1S/C20H13BrN2O3/c21-15-7-5-13(6-8-15)19-10-9-16(26-19)11-14(12-22)20(25)23-17-3-1-2-4-18(17)24/h1-11,24H,(H,23,25). The van der Waals surface area contributed by atoms with Gasteiger partial charge in [0.25, 0.3) is 5.91 Å². The molecule has 0 aliphatic heterocycles. The second-order valence-electron chi connectivity index (χ2n) is 5.35. The van der Waals surface area contributed by atoms with Crippen LogP contribution in [-0.4, -0.2) is 11.0 Å². The number of furan rings is 1. The molecule has 0 saturated carbocycles. The number of rotatable bonds is 4. The van der Waals surface area contributed by atoms with Crippen LogP contribution < -0.4 is 5.32 Å². The molecule has 5 nitrogen and oxygen atoms in total. The summed E-state index contributed by atoms with van der Waals surface area (Å²) in [7, 11) is 0. The van der Waals surface area contributed by atoms with E-state index in [4.69, 9.17) is 4.42 Å². The van der Waals surface area contributed by atoms with Crippen LogP contribution in [0.15, 0.2) is 75.1 Å². The van der Waals surface area contributed by atoms with Gasteiger partial charge in [0.15, 0.2) is 0 Å². The lowest BCUT2D eigenvalue weighted by Crippen LogP contribution is -2.13. The third kappa shape index (κ3) is 4.02. The number of aromatic hydroxyl groups is 1. The highest BCUT2D eigenvalue weighted by Crippen LogP contribution is 2.26. The molecule has 0 aliphatic carbocycles. The van der Waals surface area contributed by atoms with Gasteiger partial charge in [0.05, 0.1) is 5.69 Å². The van der Waals surface area contributed by atoms with Crippen LogP contribution in [0.1, 0.15) is 5.76 Å². The van der Waals surface area contributed by atoms with E-state index in [2.05, 4.69) is 21.2 Å². The zero-order chi connectivity index (χ0) is 18.5. The van der Waals surface area contributed by atoms with Gasteiger partial charge in [0.2, 0.25) is 0 Å². The van der Waals surface area contributed by atoms with E-state index in [1.165, 1.54) is 12.1 Å². The molecule has 0 aliphatic rings. The molecule has 0 atom stereocenters. The molecule has 6 heteroatoms. The molecule has 0 fully saturated rings. The summed E-state index contributed by atoms with van der Waals surface area (Å²) in [6.07, 6.45) is 1.36. The SMILES string of the molecule is N#CC(=Cc1ccc(-c2ccc(Br)cc2)o1)C(=O)Nc1ccccc1O. The first-order chi connectivity index (χ1) is 12.6. The number of halogens is 1. The van der Waals surface area contributed by atoms with E-state index >= 15 is 0 Å². The second-order valence-corrected chi connectivity index (χ2v) is 6.27. The van der Waals surface area contributed by atoms with Crippen LogP contribution in [0.25, 0.3) is 17.4 Å². The molecule has 0 unspecified atom stereocenters.